The van der Waals surface area contributed by atoms with Crippen LogP contribution in [0.3, 0.4) is 0 Å². The number of carbonyl (C=O) groups excluding carboxylic acids is 1. The predicted octanol–water partition coefficient (Wildman–Crippen LogP) is 4.98. The number of para-hydroxylation sites is 2. The largest absolute Gasteiger partial charge is 0.495 e. The molecule has 1 N–H and O–H groups in total. The standard InChI is InChI=1S/C25H24N2O4S2/c1-18(20-14-13-19-8-3-4-9-21(19)16-20)26-24(28)17-27(22-10-5-6-11-23(22)31-2)33(29,30)25-12-7-15-32-25/h3-16,18H,17H2,1-2H3,(H,26,28)/t18-/m0/s1. The fourth-order valence-corrected chi connectivity index (χ4v) is 6.17. The number of hydrogen-bond donors (Lipinski definition) is 1. The zero-order chi connectivity index (χ0) is 23.4. The van der Waals surface area contributed by atoms with Crippen molar-refractivity contribution < 1.29 is 17.9 Å². The van der Waals surface area contributed by atoms with Crippen LogP contribution in [-0.4, -0.2) is 28.0 Å². The molecular weight excluding hydrogens is 456 g/mol. The summed E-state index contributed by atoms with van der Waals surface area (Å²) in [6, 6.07) is 23.7. The minimum absolute atomic E-state index is 0.156. The normalized spacial score (nSPS) is 12.3. The van der Waals surface area contributed by atoms with Gasteiger partial charge in [0.2, 0.25) is 5.91 Å². The number of amides is 1. The van der Waals surface area contributed by atoms with Gasteiger partial charge in [0.25, 0.3) is 10.0 Å². The number of hydrogen-bond acceptors (Lipinski definition) is 5. The Labute approximate surface area is 197 Å². The van der Waals surface area contributed by atoms with E-state index in [0.717, 1.165) is 32.0 Å². The van der Waals surface area contributed by atoms with Crippen molar-refractivity contribution in [2.24, 2.45) is 0 Å². The van der Waals surface area contributed by atoms with E-state index in [-0.39, 0.29) is 16.8 Å². The number of methoxy groups -OCH3 is 1. The molecule has 3 aromatic carbocycles. The molecule has 170 valence electrons. The molecule has 0 aliphatic rings. The lowest BCUT2D eigenvalue weighted by molar-refractivity contribution is -0.120. The Morgan fingerprint density at radius 2 is 1.73 bits per heavy atom. The highest BCUT2D eigenvalue weighted by Gasteiger charge is 2.30. The molecule has 33 heavy (non-hydrogen) atoms. The minimum Gasteiger partial charge on any atom is -0.495 e. The summed E-state index contributed by atoms with van der Waals surface area (Å²) < 4.78 is 33.4. The summed E-state index contributed by atoms with van der Waals surface area (Å²) in [5.41, 5.74) is 1.24. The molecule has 0 spiro atoms. The number of carbonyl (C=O) groups is 1. The third-order valence-corrected chi connectivity index (χ3v) is 8.46. The van der Waals surface area contributed by atoms with Crippen LogP contribution in [0, 0.1) is 0 Å². The highest BCUT2D eigenvalue weighted by Crippen LogP contribution is 2.33. The van der Waals surface area contributed by atoms with Crippen LogP contribution in [-0.2, 0) is 14.8 Å². The van der Waals surface area contributed by atoms with Crippen molar-refractivity contribution in [3.8, 4) is 5.75 Å². The molecule has 0 unspecified atom stereocenters. The van der Waals surface area contributed by atoms with Crippen LogP contribution in [0.4, 0.5) is 5.69 Å². The van der Waals surface area contributed by atoms with Crippen molar-refractivity contribution in [3.63, 3.8) is 0 Å². The van der Waals surface area contributed by atoms with Gasteiger partial charge in [-0.15, -0.1) is 11.3 Å². The van der Waals surface area contributed by atoms with E-state index in [0.29, 0.717) is 11.4 Å². The topological polar surface area (TPSA) is 75.7 Å². The summed E-state index contributed by atoms with van der Waals surface area (Å²) in [5, 5.41) is 6.81. The molecule has 1 aromatic heterocycles. The first-order valence-electron chi connectivity index (χ1n) is 10.4. The number of benzene rings is 3. The van der Waals surface area contributed by atoms with Crippen molar-refractivity contribution in [1.29, 1.82) is 0 Å². The summed E-state index contributed by atoms with van der Waals surface area (Å²) in [6.07, 6.45) is 0. The van der Waals surface area contributed by atoms with Crippen molar-refractivity contribution in [2.45, 2.75) is 17.2 Å². The SMILES string of the molecule is COc1ccccc1N(CC(=O)N[C@@H](C)c1ccc2ccccc2c1)S(=O)(=O)c1cccs1. The van der Waals surface area contributed by atoms with Gasteiger partial charge in [-0.3, -0.25) is 9.10 Å². The second kappa shape index (κ2) is 9.64. The van der Waals surface area contributed by atoms with E-state index in [9.17, 15) is 13.2 Å². The number of nitrogens with zero attached hydrogens (tertiary/aromatic N) is 1. The molecule has 1 atom stereocenters. The van der Waals surface area contributed by atoms with Crippen molar-refractivity contribution >= 4 is 43.7 Å². The van der Waals surface area contributed by atoms with Gasteiger partial charge in [0.05, 0.1) is 18.8 Å². The number of ether oxygens (including phenoxy) is 1. The Bertz CT molecular complexity index is 1370. The van der Waals surface area contributed by atoms with E-state index in [4.69, 9.17) is 4.74 Å². The molecule has 8 heteroatoms. The molecule has 0 aliphatic carbocycles. The molecule has 0 bridgehead atoms. The Hall–Kier alpha value is -3.36. The number of sulfonamides is 1. The molecule has 0 saturated carbocycles. The highest BCUT2D eigenvalue weighted by molar-refractivity contribution is 7.94. The second-order valence-electron chi connectivity index (χ2n) is 7.51. The Morgan fingerprint density at radius 1 is 1.00 bits per heavy atom. The molecule has 0 saturated heterocycles. The Kier molecular flexibility index (Phi) is 6.67. The van der Waals surface area contributed by atoms with E-state index in [2.05, 4.69) is 5.32 Å². The Balaban J connectivity index is 1.61. The highest BCUT2D eigenvalue weighted by atomic mass is 32.2. The van der Waals surface area contributed by atoms with Crippen LogP contribution in [0.5, 0.6) is 5.75 Å². The number of nitrogens with one attached hydrogen (secondary N) is 1. The van der Waals surface area contributed by atoms with Gasteiger partial charge in [-0.2, -0.15) is 0 Å². The summed E-state index contributed by atoms with van der Waals surface area (Å²) in [7, 11) is -2.49. The Morgan fingerprint density at radius 3 is 2.45 bits per heavy atom. The average molecular weight is 481 g/mol. The molecule has 0 fully saturated rings. The van der Waals surface area contributed by atoms with Crippen LogP contribution in [0.25, 0.3) is 10.8 Å². The minimum atomic E-state index is -3.96. The quantitative estimate of drug-likeness (QED) is 0.386. The molecule has 1 amide bonds. The van der Waals surface area contributed by atoms with Gasteiger partial charge < -0.3 is 10.1 Å². The fraction of sp³-hybridized carbons (Fsp3) is 0.160. The summed E-state index contributed by atoms with van der Waals surface area (Å²) in [6.45, 7) is 1.50. The molecular formula is C25H24N2O4S2. The van der Waals surface area contributed by atoms with E-state index in [1.807, 2.05) is 49.4 Å². The predicted molar refractivity (Wildman–Crippen MR) is 132 cm³/mol. The van der Waals surface area contributed by atoms with Crippen LogP contribution in [0.1, 0.15) is 18.5 Å². The number of rotatable bonds is 8. The first-order chi connectivity index (χ1) is 15.9. The summed E-state index contributed by atoms with van der Waals surface area (Å²) in [5.74, 6) is -0.0466. The number of thiophene rings is 1. The molecule has 4 aromatic rings. The van der Waals surface area contributed by atoms with E-state index in [1.54, 1.807) is 35.7 Å². The van der Waals surface area contributed by atoms with Crippen molar-refractivity contribution in [3.05, 3.63) is 89.8 Å². The maximum absolute atomic E-state index is 13.4. The lowest BCUT2D eigenvalue weighted by Crippen LogP contribution is -2.41. The van der Waals surface area contributed by atoms with E-state index in [1.165, 1.54) is 13.2 Å². The maximum atomic E-state index is 13.4. The second-order valence-corrected chi connectivity index (χ2v) is 10.5. The van der Waals surface area contributed by atoms with Gasteiger partial charge in [-0.1, -0.05) is 54.6 Å². The fourth-order valence-electron chi connectivity index (χ4n) is 3.63. The molecule has 6 nitrogen and oxygen atoms in total. The van der Waals surface area contributed by atoms with Crippen molar-refractivity contribution in [2.75, 3.05) is 18.0 Å². The third kappa shape index (κ3) is 4.86. The third-order valence-electron chi connectivity index (χ3n) is 5.33. The smallest absolute Gasteiger partial charge is 0.274 e. The molecule has 0 aliphatic heterocycles. The lowest BCUT2D eigenvalue weighted by Gasteiger charge is -2.25. The monoisotopic (exact) mass is 480 g/mol. The van der Waals surface area contributed by atoms with Gasteiger partial charge in [-0.05, 0) is 52.9 Å². The first-order valence-corrected chi connectivity index (χ1v) is 12.7. The average Bonchev–Trinajstić information content (AvgIpc) is 3.38. The van der Waals surface area contributed by atoms with Crippen LogP contribution >= 0.6 is 11.3 Å². The van der Waals surface area contributed by atoms with Gasteiger partial charge >= 0.3 is 0 Å². The van der Waals surface area contributed by atoms with Gasteiger partial charge in [0.15, 0.2) is 0 Å². The van der Waals surface area contributed by atoms with Gasteiger partial charge in [0.1, 0.15) is 16.5 Å². The summed E-state index contributed by atoms with van der Waals surface area (Å²) in [4.78, 5) is 13.0. The molecule has 4 rings (SSSR count). The van der Waals surface area contributed by atoms with Crippen LogP contribution in [0.15, 0.2) is 88.5 Å². The molecule has 0 radical (unpaired) electrons. The van der Waals surface area contributed by atoms with Crippen LogP contribution < -0.4 is 14.4 Å². The van der Waals surface area contributed by atoms with Gasteiger partial charge in [0, 0.05) is 0 Å². The lowest BCUT2D eigenvalue weighted by atomic mass is 10.0. The zero-order valence-electron chi connectivity index (χ0n) is 18.3. The zero-order valence-corrected chi connectivity index (χ0v) is 19.9. The first kappa shape index (κ1) is 22.8. The summed E-state index contributed by atoms with van der Waals surface area (Å²) >= 11 is 1.10. The van der Waals surface area contributed by atoms with E-state index < -0.39 is 15.9 Å². The van der Waals surface area contributed by atoms with Crippen LogP contribution in [0.2, 0.25) is 0 Å². The number of fused-ring (bicyclic) bond motifs is 1. The van der Waals surface area contributed by atoms with E-state index >= 15 is 0 Å². The molecule has 1 heterocycles. The number of anilines is 1. The maximum Gasteiger partial charge on any atom is 0.274 e. The van der Waals surface area contributed by atoms with Crippen molar-refractivity contribution in [1.82, 2.24) is 5.32 Å². The van der Waals surface area contributed by atoms with Gasteiger partial charge in [-0.25, -0.2) is 8.42 Å².